The summed E-state index contributed by atoms with van der Waals surface area (Å²) in [5.74, 6) is -1.56. The number of primary amides is 1. The molecule has 2 amide bonds. The highest BCUT2D eigenvalue weighted by Crippen LogP contribution is 2.43. The third kappa shape index (κ3) is 4.17. The smallest absolute Gasteiger partial charge is 0.309 e. The average molecular weight is 519 g/mol. The number of hydrogen-bond donors (Lipinski definition) is 2. The van der Waals surface area contributed by atoms with Crippen LogP contribution in [-0.2, 0) is 11.8 Å². The number of carbonyl (C=O) groups excluding carboxylic acids is 2. The fourth-order valence-corrected chi connectivity index (χ4v) is 4.71. The molecule has 4 heterocycles. The second-order valence-corrected chi connectivity index (χ2v) is 9.01. The van der Waals surface area contributed by atoms with Crippen LogP contribution in [0.25, 0.3) is 21.3 Å². The number of thiophene rings is 1. The van der Waals surface area contributed by atoms with Gasteiger partial charge in [0.2, 0.25) is 5.91 Å². The van der Waals surface area contributed by atoms with E-state index in [1.807, 2.05) is 0 Å². The third-order valence-corrected chi connectivity index (χ3v) is 6.86. The molecule has 0 spiro atoms. The maximum absolute atomic E-state index is 13.7. The zero-order valence-electron chi connectivity index (χ0n) is 19.4. The fraction of sp³-hybridized carbons (Fsp3) is 0.286. The molecule has 36 heavy (non-hydrogen) atoms. The van der Waals surface area contributed by atoms with Gasteiger partial charge in [-0.15, -0.1) is 11.3 Å². The van der Waals surface area contributed by atoms with E-state index < -0.39 is 34.9 Å². The van der Waals surface area contributed by atoms with E-state index in [4.69, 9.17) is 5.73 Å². The molecular weight excluding hydrogens is 498 g/mol. The van der Waals surface area contributed by atoms with E-state index in [1.165, 1.54) is 26.1 Å². The minimum atomic E-state index is -2.89. The Morgan fingerprint density at radius 2 is 1.97 bits per heavy atom. The van der Waals surface area contributed by atoms with E-state index in [0.29, 0.717) is 11.3 Å². The fourth-order valence-electron chi connectivity index (χ4n) is 3.69. The largest absolute Gasteiger partial charge is 0.365 e. The van der Waals surface area contributed by atoms with Crippen LogP contribution in [0.2, 0.25) is 0 Å². The summed E-state index contributed by atoms with van der Waals surface area (Å²) in [6.07, 6.45) is -0.275. The second kappa shape index (κ2) is 9.07. The number of hydrogen-bond acceptors (Lipinski definition) is 8. The number of nitrogens with two attached hydrogens (primary N) is 1. The monoisotopic (exact) mass is 518 g/mol. The molecule has 0 aliphatic carbocycles. The number of carbonyl (C=O) groups is 2. The number of alkyl halides is 2. The maximum Gasteiger partial charge on any atom is 0.309 e. The molecule has 1 atom stereocenters. The molecule has 4 aromatic heterocycles. The van der Waals surface area contributed by atoms with Gasteiger partial charge in [-0.1, -0.05) is 0 Å². The summed E-state index contributed by atoms with van der Waals surface area (Å²) < 4.78 is 30.0. The van der Waals surface area contributed by atoms with Gasteiger partial charge in [0, 0.05) is 23.7 Å². The molecule has 188 valence electrons. The van der Waals surface area contributed by atoms with Gasteiger partial charge in [0.25, 0.3) is 12.3 Å². The lowest BCUT2D eigenvalue weighted by Gasteiger charge is -2.14. The van der Waals surface area contributed by atoms with Gasteiger partial charge in [-0.2, -0.15) is 10.2 Å². The molecule has 0 saturated heterocycles. The van der Waals surface area contributed by atoms with Crippen LogP contribution in [0, 0.1) is 24.0 Å². The Bertz CT molecular complexity index is 1540. The van der Waals surface area contributed by atoms with Crippen LogP contribution in [0.1, 0.15) is 46.1 Å². The molecular formula is C21H20F2N8O4S. The highest BCUT2D eigenvalue weighted by atomic mass is 32.1. The number of nitrogens with one attached hydrogen (secondary N) is 1. The average Bonchev–Trinajstić information content (AvgIpc) is 3.48. The highest BCUT2D eigenvalue weighted by molar-refractivity contribution is 7.21. The van der Waals surface area contributed by atoms with Gasteiger partial charge in [0.15, 0.2) is 0 Å². The lowest BCUT2D eigenvalue weighted by atomic mass is 10.0. The van der Waals surface area contributed by atoms with Gasteiger partial charge in [0.1, 0.15) is 33.3 Å². The first-order valence-corrected chi connectivity index (χ1v) is 11.3. The van der Waals surface area contributed by atoms with Gasteiger partial charge in [-0.25, -0.2) is 13.8 Å². The van der Waals surface area contributed by atoms with Crippen molar-refractivity contribution in [3.05, 3.63) is 50.5 Å². The summed E-state index contributed by atoms with van der Waals surface area (Å²) in [6, 6.07) is 0.165. The van der Waals surface area contributed by atoms with Crippen LogP contribution in [0.3, 0.4) is 0 Å². The molecule has 0 aliphatic rings. The summed E-state index contributed by atoms with van der Waals surface area (Å²) in [4.78, 5) is 40.0. The zero-order valence-corrected chi connectivity index (χ0v) is 20.3. The molecule has 0 saturated carbocycles. The number of pyridine rings is 1. The summed E-state index contributed by atoms with van der Waals surface area (Å²) in [7, 11) is 1.68. The van der Waals surface area contributed by atoms with Crippen molar-refractivity contribution in [3.8, 4) is 11.1 Å². The van der Waals surface area contributed by atoms with Gasteiger partial charge in [-0.05, 0) is 32.4 Å². The number of halogens is 2. The van der Waals surface area contributed by atoms with Crippen LogP contribution in [0.4, 0.5) is 20.2 Å². The molecule has 1 unspecified atom stereocenters. The molecule has 12 nitrogen and oxygen atoms in total. The standard InChI is InChI=1S/C21H20F2N8O4S/c1-8-14(31(34)35)7-30(28-8)10(3)20(33)27-16-15-11(12-6-25-29(4)9(12)2)5-13(18(22)23)26-21(15)36-17(16)19(24)32/h5-7,10,18H,1-4H3,(H2,24,32)(H,27,33). The molecule has 4 rings (SSSR count). The first kappa shape index (κ1) is 24.8. The molecule has 15 heteroatoms. The van der Waals surface area contributed by atoms with Crippen molar-refractivity contribution in [2.45, 2.75) is 33.2 Å². The predicted octanol–water partition coefficient (Wildman–Crippen LogP) is 3.65. The summed E-state index contributed by atoms with van der Waals surface area (Å²) in [6.45, 7) is 4.64. The summed E-state index contributed by atoms with van der Waals surface area (Å²) in [5, 5.41) is 22.2. The Morgan fingerprint density at radius 1 is 1.28 bits per heavy atom. The first-order valence-electron chi connectivity index (χ1n) is 10.5. The lowest BCUT2D eigenvalue weighted by Crippen LogP contribution is -2.25. The minimum absolute atomic E-state index is 0.00398. The van der Waals surface area contributed by atoms with E-state index in [9.17, 15) is 28.5 Å². The number of nitro groups is 1. The molecule has 0 fully saturated rings. The van der Waals surface area contributed by atoms with Gasteiger partial charge >= 0.3 is 5.69 Å². The number of fused-ring (bicyclic) bond motifs is 1. The van der Waals surface area contributed by atoms with Crippen molar-refractivity contribution in [2.75, 3.05) is 5.32 Å². The minimum Gasteiger partial charge on any atom is -0.365 e. The van der Waals surface area contributed by atoms with Crippen molar-refractivity contribution < 1.29 is 23.3 Å². The van der Waals surface area contributed by atoms with Crippen molar-refractivity contribution >= 4 is 44.7 Å². The normalized spacial score (nSPS) is 12.3. The Kier molecular flexibility index (Phi) is 6.26. The predicted molar refractivity (Wildman–Crippen MR) is 127 cm³/mol. The van der Waals surface area contributed by atoms with E-state index in [0.717, 1.165) is 22.2 Å². The van der Waals surface area contributed by atoms with E-state index in [-0.39, 0.29) is 37.7 Å². The Hall–Kier alpha value is -4.27. The Labute approximate surface area is 205 Å². The zero-order chi connectivity index (χ0) is 26.5. The van der Waals surface area contributed by atoms with Crippen LogP contribution in [0.5, 0.6) is 0 Å². The lowest BCUT2D eigenvalue weighted by molar-refractivity contribution is -0.385. The SMILES string of the molecule is Cc1nn(C(C)C(=O)Nc2c(C(N)=O)sc3nc(C(F)F)cc(-c4cnn(C)c4C)c23)cc1[N+](=O)[O-]. The van der Waals surface area contributed by atoms with E-state index in [1.54, 1.807) is 18.7 Å². The number of anilines is 1. The number of amides is 2. The van der Waals surface area contributed by atoms with Gasteiger partial charge in [-0.3, -0.25) is 29.1 Å². The number of aryl methyl sites for hydroxylation is 2. The molecule has 0 radical (unpaired) electrons. The van der Waals surface area contributed by atoms with Crippen LogP contribution < -0.4 is 11.1 Å². The molecule has 0 aromatic carbocycles. The van der Waals surface area contributed by atoms with Crippen LogP contribution >= 0.6 is 11.3 Å². The summed E-state index contributed by atoms with van der Waals surface area (Å²) >= 11 is 0.772. The molecule has 3 N–H and O–H groups in total. The van der Waals surface area contributed by atoms with Crippen LogP contribution in [-0.4, -0.2) is 41.3 Å². The molecule has 0 bridgehead atoms. The number of rotatable bonds is 7. The van der Waals surface area contributed by atoms with E-state index in [2.05, 4.69) is 20.5 Å². The number of nitrogens with zero attached hydrogens (tertiary/aromatic N) is 6. The maximum atomic E-state index is 13.7. The van der Waals surface area contributed by atoms with Crippen molar-refractivity contribution in [1.82, 2.24) is 24.5 Å². The van der Waals surface area contributed by atoms with Crippen LogP contribution in [0.15, 0.2) is 18.5 Å². The molecule has 4 aromatic rings. The van der Waals surface area contributed by atoms with Gasteiger partial charge in [0.05, 0.1) is 16.8 Å². The molecule has 0 aliphatic heterocycles. The Morgan fingerprint density at radius 3 is 2.50 bits per heavy atom. The van der Waals surface area contributed by atoms with Crippen molar-refractivity contribution in [2.24, 2.45) is 12.8 Å². The van der Waals surface area contributed by atoms with Gasteiger partial charge < -0.3 is 11.1 Å². The topological polar surface area (TPSA) is 164 Å². The Balaban J connectivity index is 1.88. The second-order valence-electron chi connectivity index (χ2n) is 8.02. The third-order valence-electron chi connectivity index (χ3n) is 5.77. The summed E-state index contributed by atoms with van der Waals surface area (Å²) in [5.41, 5.74) is 6.36. The first-order chi connectivity index (χ1) is 16.9. The van der Waals surface area contributed by atoms with E-state index >= 15 is 0 Å². The highest BCUT2D eigenvalue weighted by Gasteiger charge is 2.28. The quantitative estimate of drug-likeness (QED) is 0.278. The number of aromatic nitrogens is 5. The van der Waals surface area contributed by atoms with Crippen molar-refractivity contribution in [1.29, 1.82) is 0 Å². The van der Waals surface area contributed by atoms with Crippen molar-refractivity contribution in [3.63, 3.8) is 0 Å².